The van der Waals surface area contributed by atoms with Gasteiger partial charge >= 0.3 is 0 Å². The summed E-state index contributed by atoms with van der Waals surface area (Å²) in [5.74, 6) is -0.554. The normalized spacial score (nSPS) is 25.3. The van der Waals surface area contributed by atoms with Crippen LogP contribution in [0.1, 0.15) is 20.3 Å². The molecule has 2 fully saturated rings. The molecule has 2 heterocycles. The molecule has 0 saturated carbocycles. The third kappa shape index (κ3) is 2.69. The minimum absolute atomic E-state index is 0.160. The Morgan fingerprint density at radius 2 is 1.46 bits per heavy atom. The lowest BCUT2D eigenvalue weighted by atomic mass is 9.90. The molecule has 2 aliphatic heterocycles. The zero-order valence-electron chi connectivity index (χ0n) is 14.9. The number of amides is 2. The van der Waals surface area contributed by atoms with E-state index in [4.69, 9.17) is 4.84 Å². The van der Waals surface area contributed by atoms with E-state index in [0.717, 1.165) is 12.1 Å². The van der Waals surface area contributed by atoms with Crippen LogP contribution in [-0.2, 0) is 14.4 Å². The van der Waals surface area contributed by atoms with E-state index in [1.165, 1.54) is 4.90 Å². The number of carbonyl (C=O) groups excluding carboxylic acids is 2. The fourth-order valence-electron chi connectivity index (χ4n) is 3.88. The number of carbonyl (C=O) groups is 2. The van der Waals surface area contributed by atoms with E-state index in [-0.39, 0.29) is 17.9 Å². The number of nitrogens with zero attached hydrogens (tertiary/aromatic N) is 2. The lowest BCUT2D eigenvalue weighted by molar-refractivity contribution is -0.126. The fraction of sp³-hybridized carbons (Fsp3) is 0.333. The van der Waals surface area contributed by atoms with Crippen LogP contribution in [0, 0.1) is 11.8 Å². The Labute approximate surface area is 153 Å². The monoisotopic (exact) mass is 350 g/mol. The van der Waals surface area contributed by atoms with Crippen molar-refractivity contribution in [3.05, 3.63) is 60.7 Å². The molecule has 5 nitrogen and oxygen atoms in total. The van der Waals surface area contributed by atoms with Gasteiger partial charge in [0.2, 0.25) is 5.91 Å². The van der Waals surface area contributed by atoms with Crippen molar-refractivity contribution in [1.29, 1.82) is 0 Å². The molecule has 0 spiro atoms. The summed E-state index contributed by atoms with van der Waals surface area (Å²) in [5, 5.41) is 1.77. The van der Waals surface area contributed by atoms with E-state index in [1.807, 2.05) is 48.5 Å². The minimum atomic E-state index is -0.758. The van der Waals surface area contributed by atoms with Gasteiger partial charge in [-0.2, -0.15) is 0 Å². The van der Waals surface area contributed by atoms with Gasteiger partial charge in [-0.15, -0.1) is 0 Å². The average molecular weight is 350 g/mol. The second-order valence-electron chi connectivity index (χ2n) is 7.26. The van der Waals surface area contributed by atoms with Crippen molar-refractivity contribution in [3.8, 4) is 0 Å². The van der Waals surface area contributed by atoms with E-state index >= 15 is 0 Å². The van der Waals surface area contributed by atoms with E-state index in [2.05, 4.69) is 13.8 Å². The summed E-state index contributed by atoms with van der Waals surface area (Å²) in [5.41, 5.74) is 1.48. The summed E-state index contributed by atoms with van der Waals surface area (Å²) in [6.45, 7) is 4.24. The van der Waals surface area contributed by atoms with Crippen LogP contribution in [0.3, 0.4) is 0 Å². The number of benzene rings is 2. The Hall–Kier alpha value is -2.66. The predicted octanol–water partition coefficient (Wildman–Crippen LogP) is 3.41. The quantitative estimate of drug-likeness (QED) is 0.793. The van der Waals surface area contributed by atoms with Crippen LogP contribution in [-0.4, -0.2) is 24.0 Å². The number of imide groups is 1. The molecule has 0 N–H and O–H groups in total. The zero-order chi connectivity index (χ0) is 18.3. The highest BCUT2D eigenvalue weighted by molar-refractivity contribution is 6.23. The first kappa shape index (κ1) is 16.8. The number of hydrogen-bond acceptors (Lipinski definition) is 4. The number of hydroxylamine groups is 1. The number of hydrogen-bond donors (Lipinski definition) is 0. The van der Waals surface area contributed by atoms with Crippen LogP contribution in [0.4, 0.5) is 11.4 Å². The Kier molecular flexibility index (Phi) is 4.24. The number of para-hydroxylation sites is 2. The van der Waals surface area contributed by atoms with Crippen LogP contribution >= 0.6 is 0 Å². The summed E-state index contributed by atoms with van der Waals surface area (Å²) in [7, 11) is 0. The number of fused-ring (bicyclic) bond motifs is 1. The van der Waals surface area contributed by atoms with Crippen molar-refractivity contribution in [2.45, 2.75) is 32.4 Å². The number of rotatable bonds is 4. The van der Waals surface area contributed by atoms with E-state index < -0.39 is 12.0 Å². The Bertz CT molecular complexity index is 807. The first-order valence-electron chi connectivity index (χ1n) is 9.02. The average Bonchev–Trinajstić information content (AvgIpc) is 3.12. The van der Waals surface area contributed by atoms with Gasteiger partial charge in [0.1, 0.15) is 0 Å². The van der Waals surface area contributed by atoms with Crippen molar-refractivity contribution in [3.63, 3.8) is 0 Å². The molecule has 2 aromatic carbocycles. The minimum Gasteiger partial charge on any atom is -0.273 e. The molecule has 2 aliphatic rings. The molecule has 0 aromatic heterocycles. The van der Waals surface area contributed by atoms with Gasteiger partial charge in [0.25, 0.3) is 5.91 Å². The maximum atomic E-state index is 13.2. The maximum Gasteiger partial charge on any atom is 0.266 e. The standard InChI is InChI=1S/C21H22N2O3/c1-14(2)13-17-18-19(26-23(17)16-11-7-4-8-12-16)21(25)22(20(18)24)15-9-5-3-6-10-15/h3-12,14,17-19H,13H2,1-2H3/t17-,18-,19+/m0/s1. The van der Waals surface area contributed by atoms with Gasteiger partial charge in [-0.25, -0.2) is 9.96 Å². The van der Waals surface area contributed by atoms with Crippen molar-refractivity contribution >= 4 is 23.2 Å². The van der Waals surface area contributed by atoms with Crippen LogP contribution in [0.2, 0.25) is 0 Å². The highest BCUT2D eigenvalue weighted by Gasteiger charge is 2.59. The molecule has 2 amide bonds. The van der Waals surface area contributed by atoms with Crippen molar-refractivity contribution < 1.29 is 14.4 Å². The molecule has 2 saturated heterocycles. The Morgan fingerprint density at radius 1 is 0.885 bits per heavy atom. The maximum absolute atomic E-state index is 13.2. The van der Waals surface area contributed by atoms with Gasteiger partial charge < -0.3 is 0 Å². The van der Waals surface area contributed by atoms with E-state index in [1.54, 1.807) is 17.2 Å². The molecule has 3 atom stereocenters. The lowest BCUT2D eigenvalue weighted by Gasteiger charge is -2.29. The van der Waals surface area contributed by atoms with Gasteiger partial charge in [0.15, 0.2) is 6.10 Å². The predicted molar refractivity (Wildman–Crippen MR) is 99.5 cm³/mol. The number of anilines is 2. The topological polar surface area (TPSA) is 49.9 Å². The summed E-state index contributed by atoms with van der Waals surface area (Å²) in [4.78, 5) is 33.4. The van der Waals surface area contributed by atoms with Gasteiger partial charge in [0.05, 0.1) is 23.3 Å². The Balaban J connectivity index is 1.70. The fourth-order valence-corrected chi connectivity index (χ4v) is 3.88. The SMILES string of the molecule is CC(C)C[C@H]1[C@@H]2C(=O)N(c3ccccc3)C(=O)[C@@H]2ON1c1ccccc1. The molecule has 2 aromatic rings. The molecule has 5 heteroatoms. The van der Waals surface area contributed by atoms with Crippen LogP contribution in [0.15, 0.2) is 60.7 Å². The molecule has 0 bridgehead atoms. The molecule has 26 heavy (non-hydrogen) atoms. The molecular weight excluding hydrogens is 328 g/mol. The van der Waals surface area contributed by atoms with Gasteiger partial charge in [0, 0.05) is 0 Å². The van der Waals surface area contributed by atoms with Gasteiger partial charge in [-0.1, -0.05) is 50.2 Å². The van der Waals surface area contributed by atoms with E-state index in [9.17, 15) is 9.59 Å². The van der Waals surface area contributed by atoms with Crippen molar-refractivity contribution in [2.75, 3.05) is 9.96 Å². The Morgan fingerprint density at radius 3 is 2.04 bits per heavy atom. The zero-order valence-corrected chi connectivity index (χ0v) is 14.9. The molecular formula is C21H22N2O3. The van der Waals surface area contributed by atoms with Gasteiger partial charge in [-0.05, 0) is 36.6 Å². The molecule has 134 valence electrons. The second kappa shape index (κ2) is 6.57. The molecule has 0 radical (unpaired) electrons. The summed E-state index contributed by atoms with van der Waals surface area (Å²) in [6.07, 6.45) is 0.0178. The van der Waals surface area contributed by atoms with Crippen molar-refractivity contribution in [1.82, 2.24) is 0 Å². The first-order chi connectivity index (χ1) is 12.6. The third-order valence-corrected chi connectivity index (χ3v) is 4.98. The summed E-state index contributed by atoms with van der Waals surface area (Å²) in [6, 6.07) is 18.6. The highest BCUT2D eigenvalue weighted by Crippen LogP contribution is 2.42. The summed E-state index contributed by atoms with van der Waals surface area (Å²) >= 11 is 0. The smallest absolute Gasteiger partial charge is 0.266 e. The molecule has 0 aliphatic carbocycles. The summed E-state index contributed by atoms with van der Waals surface area (Å²) < 4.78 is 0. The molecule has 0 unspecified atom stereocenters. The van der Waals surface area contributed by atoms with Crippen LogP contribution in [0.5, 0.6) is 0 Å². The van der Waals surface area contributed by atoms with Crippen LogP contribution in [0.25, 0.3) is 0 Å². The van der Waals surface area contributed by atoms with Crippen LogP contribution < -0.4 is 9.96 Å². The lowest BCUT2D eigenvalue weighted by Crippen LogP contribution is -2.41. The van der Waals surface area contributed by atoms with Gasteiger partial charge in [-0.3, -0.25) is 14.4 Å². The van der Waals surface area contributed by atoms with Crippen molar-refractivity contribution in [2.24, 2.45) is 11.8 Å². The first-order valence-corrected chi connectivity index (χ1v) is 9.02. The highest BCUT2D eigenvalue weighted by atomic mass is 16.7. The van der Waals surface area contributed by atoms with E-state index in [0.29, 0.717) is 11.6 Å². The molecule has 4 rings (SSSR count). The second-order valence-corrected chi connectivity index (χ2v) is 7.26. The third-order valence-electron chi connectivity index (χ3n) is 4.98. The largest absolute Gasteiger partial charge is 0.273 e.